The Morgan fingerprint density at radius 3 is 2.47 bits per heavy atom. The van der Waals surface area contributed by atoms with Crippen LogP contribution in [0.15, 0.2) is 35.6 Å². The number of nitrogens with one attached hydrogen (secondary N) is 1. The smallest absolute Gasteiger partial charge is 0.224 e. The molecule has 0 aliphatic heterocycles. The molecule has 15 heavy (non-hydrogen) atoms. The number of aryl methyl sites for hydroxylation is 1. The molecule has 0 amide bonds. The summed E-state index contributed by atoms with van der Waals surface area (Å²) in [6.07, 6.45) is 3.46. The number of carbonyl (C=O) groups excluding carboxylic acids is 1. The van der Waals surface area contributed by atoms with Crippen LogP contribution in [0.1, 0.15) is 30.0 Å². The molecule has 0 unspecified atom stereocenters. The first-order valence-corrected chi connectivity index (χ1v) is 4.81. The predicted octanol–water partition coefficient (Wildman–Crippen LogP) is 2.31. The Morgan fingerprint density at radius 1 is 1.33 bits per heavy atom. The summed E-state index contributed by atoms with van der Waals surface area (Å²) in [6.45, 7) is 5.80. The van der Waals surface area contributed by atoms with E-state index in [-0.39, 0.29) is 11.5 Å². The lowest BCUT2D eigenvalue weighted by molar-refractivity contribution is 0.102. The fourth-order valence-electron chi connectivity index (χ4n) is 1.12. The molecule has 1 aromatic heterocycles. The van der Waals surface area contributed by atoms with Crippen LogP contribution in [-0.2, 0) is 0 Å². The molecule has 80 valence electrons. The normalized spacial score (nSPS) is 11.3. The quantitative estimate of drug-likeness (QED) is 0.451. The van der Waals surface area contributed by atoms with Crippen LogP contribution in [-0.4, -0.2) is 10.8 Å². The lowest BCUT2D eigenvalue weighted by Gasteiger charge is -1.97. The molecule has 0 aromatic carbocycles. The zero-order chi connectivity index (χ0) is 11.4. The predicted molar refractivity (Wildman–Crippen MR) is 61.6 cm³/mol. The summed E-state index contributed by atoms with van der Waals surface area (Å²) in [7, 11) is 0. The molecular formula is C12H16N2O. The van der Waals surface area contributed by atoms with Crippen molar-refractivity contribution in [2.75, 3.05) is 0 Å². The number of aromatic amines is 1. The number of carbonyl (C=O) groups is 1. The molecule has 0 bridgehead atoms. The van der Waals surface area contributed by atoms with Crippen molar-refractivity contribution in [2.45, 2.75) is 20.8 Å². The van der Waals surface area contributed by atoms with Crippen molar-refractivity contribution in [1.29, 1.82) is 0 Å². The van der Waals surface area contributed by atoms with E-state index >= 15 is 0 Å². The fraction of sp³-hybridized carbons (Fsp3) is 0.250. The van der Waals surface area contributed by atoms with Crippen molar-refractivity contribution >= 4 is 5.78 Å². The van der Waals surface area contributed by atoms with E-state index in [0.29, 0.717) is 5.69 Å². The van der Waals surface area contributed by atoms with E-state index < -0.39 is 0 Å². The zero-order valence-corrected chi connectivity index (χ0v) is 9.29. The number of aromatic nitrogens is 1. The largest absolute Gasteiger partial charge is 0.396 e. The second-order valence-corrected chi connectivity index (χ2v) is 3.75. The van der Waals surface area contributed by atoms with Gasteiger partial charge in [-0.15, -0.1) is 0 Å². The lowest BCUT2D eigenvalue weighted by atomic mass is 10.2. The van der Waals surface area contributed by atoms with Gasteiger partial charge in [-0.1, -0.05) is 11.6 Å². The van der Waals surface area contributed by atoms with E-state index in [1.807, 2.05) is 32.9 Å². The van der Waals surface area contributed by atoms with Crippen molar-refractivity contribution in [3.05, 3.63) is 46.9 Å². The van der Waals surface area contributed by atoms with Gasteiger partial charge in [-0.3, -0.25) is 4.79 Å². The van der Waals surface area contributed by atoms with E-state index in [9.17, 15) is 4.79 Å². The molecule has 3 heteroatoms. The monoisotopic (exact) mass is 204 g/mol. The molecule has 0 fully saturated rings. The molecule has 0 aliphatic carbocycles. The summed E-state index contributed by atoms with van der Waals surface area (Å²) in [5, 5.41) is 0. The molecule has 1 rings (SSSR count). The Kier molecular flexibility index (Phi) is 3.50. The average molecular weight is 204 g/mol. The fourth-order valence-corrected chi connectivity index (χ4v) is 1.12. The van der Waals surface area contributed by atoms with Gasteiger partial charge in [-0.2, -0.15) is 0 Å². The van der Waals surface area contributed by atoms with Gasteiger partial charge in [-0.25, -0.2) is 0 Å². The standard InChI is InChI=1S/C12H16N2O/c1-8(2)4-6-10(13)12(15)11-7-5-9(3)14-11/h4-7,14H,13H2,1-3H3/b10-6-. The van der Waals surface area contributed by atoms with Gasteiger partial charge < -0.3 is 10.7 Å². The highest BCUT2D eigenvalue weighted by atomic mass is 16.1. The minimum absolute atomic E-state index is 0.166. The molecule has 0 radical (unpaired) electrons. The maximum Gasteiger partial charge on any atom is 0.224 e. The summed E-state index contributed by atoms with van der Waals surface area (Å²) >= 11 is 0. The highest BCUT2D eigenvalue weighted by Crippen LogP contribution is 2.05. The van der Waals surface area contributed by atoms with Gasteiger partial charge in [-0.05, 0) is 39.0 Å². The Hall–Kier alpha value is -1.77. The number of hydrogen-bond acceptors (Lipinski definition) is 2. The Bertz CT molecular complexity index is 421. The number of hydrogen-bond donors (Lipinski definition) is 2. The first-order chi connectivity index (χ1) is 7.00. The van der Waals surface area contributed by atoms with E-state index in [2.05, 4.69) is 4.98 Å². The number of ketones is 1. The Labute approximate surface area is 89.7 Å². The summed E-state index contributed by atoms with van der Waals surface area (Å²) in [4.78, 5) is 14.7. The van der Waals surface area contributed by atoms with Crippen molar-refractivity contribution in [3.63, 3.8) is 0 Å². The molecule has 1 heterocycles. The second kappa shape index (κ2) is 4.64. The molecular weight excluding hydrogens is 188 g/mol. The van der Waals surface area contributed by atoms with Gasteiger partial charge in [0.2, 0.25) is 5.78 Å². The SMILES string of the molecule is CC(C)=C/C=C(\N)C(=O)c1ccc(C)[nH]1. The van der Waals surface area contributed by atoms with E-state index in [1.165, 1.54) is 0 Å². The van der Waals surface area contributed by atoms with Crippen molar-refractivity contribution in [2.24, 2.45) is 5.73 Å². The molecule has 0 saturated carbocycles. The third-order valence-corrected chi connectivity index (χ3v) is 1.93. The maximum atomic E-state index is 11.7. The summed E-state index contributed by atoms with van der Waals surface area (Å²) in [5.74, 6) is -0.166. The van der Waals surface area contributed by atoms with Crippen LogP contribution in [0.5, 0.6) is 0 Å². The van der Waals surface area contributed by atoms with E-state index in [0.717, 1.165) is 11.3 Å². The topological polar surface area (TPSA) is 58.9 Å². The first kappa shape index (κ1) is 11.3. The number of H-pyrrole nitrogens is 1. The van der Waals surface area contributed by atoms with Crippen LogP contribution in [0.3, 0.4) is 0 Å². The van der Waals surface area contributed by atoms with Gasteiger partial charge in [0.1, 0.15) is 0 Å². The molecule has 0 aliphatic rings. The minimum atomic E-state index is -0.166. The van der Waals surface area contributed by atoms with Crippen LogP contribution < -0.4 is 5.73 Å². The van der Waals surface area contributed by atoms with Gasteiger partial charge in [0.25, 0.3) is 0 Å². The van der Waals surface area contributed by atoms with E-state index in [4.69, 9.17) is 5.73 Å². The van der Waals surface area contributed by atoms with Gasteiger partial charge in [0.05, 0.1) is 11.4 Å². The van der Waals surface area contributed by atoms with Crippen LogP contribution in [0.25, 0.3) is 0 Å². The summed E-state index contributed by atoms with van der Waals surface area (Å²) in [6, 6.07) is 3.59. The van der Waals surface area contributed by atoms with Crippen molar-refractivity contribution in [1.82, 2.24) is 4.98 Å². The number of Topliss-reactive ketones (excluding diaryl/α,β-unsaturated/α-hetero) is 1. The van der Waals surface area contributed by atoms with Crippen LogP contribution in [0.2, 0.25) is 0 Å². The third-order valence-electron chi connectivity index (χ3n) is 1.93. The Balaban J connectivity index is 2.86. The van der Waals surface area contributed by atoms with Gasteiger partial charge in [0.15, 0.2) is 0 Å². The van der Waals surface area contributed by atoms with Crippen molar-refractivity contribution in [3.8, 4) is 0 Å². The van der Waals surface area contributed by atoms with Crippen molar-refractivity contribution < 1.29 is 4.79 Å². The molecule has 1 aromatic rings. The Morgan fingerprint density at radius 2 is 2.00 bits per heavy atom. The molecule has 3 nitrogen and oxygen atoms in total. The second-order valence-electron chi connectivity index (χ2n) is 3.75. The maximum absolute atomic E-state index is 11.7. The molecule has 0 spiro atoms. The molecule has 0 atom stereocenters. The first-order valence-electron chi connectivity index (χ1n) is 4.81. The zero-order valence-electron chi connectivity index (χ0n) is 9.29. The summed E-state index contributed by atoms with van der Waals surface area (Å²) < 4.78 is 0. The molecule has 0 saturated heterocycles. The lowest BCUT2D eigenvalue weighted by Crippen LogP contribution is -2.11. The van der Waals surface area contributed by atoms with Gasteiger partial charge in [0, 0.05) is 5.69 Å². The molecule has 3 N–H and O–H groups in total. The average Bonchev–Trinajstić information content (AvgIpc) is 2.60. The summed E-state index contributed by atoms with van der Waals surface area (Å²) in [5.41, 5.74) is 8.49. The highest BCUT2D eigenvalue weighted by Gasteiger charge is 2.09. The van der Waals surface area contributed by atoms with Crippen LogP contribution in [0, 0.1) is 6.92 Å². The minimum Gasteiger partial charge on any atom is -0.396 e. The number of allylic oxidation sites excluding steroid dienone is 4. The van der Waals surface area contributed by atoms with Crippen LogP contribution >= 0.6 is 0 Å². The van der Waals surface area contributed by atoms with E-state index in [1.54, 1.807) is 12.1 Å². The van der Waals surface area contributed by atoms with Gasteiger partial charge >= 0.3 is 0 Å². The number of rotatable bonds is 3. The van der Waals surface area contributed by atoms with Crippen LogP contribution in [0.4, 0.5) is 0 Å². The third kappa shape index (κ3) is 3.13. The highest BCUT2D eigenvalue weighted by molar-refractivity contribution is 6.07. The number of nitrogens with two attached hydrogens (primary N) is 1.